The van der Waals surface area contributed by atoms with Gasteiger partial charge in [-0.2, -0.15) is 0 Å². The van der Waals surface area contributed by atoms with Crippen LogP contribution in [0.5, 0.6) is 0 Å². The van der Waals surface area contributed by atoms with Gasteiger partial charge in [-0.25, -0.2) is 16.8 Å². The lowest BCUT2D eigenvalue weighted by molar-refractivity contribution is -0.385. The third-order valence-electron chi connectivity index (χ3n) is 4.00. The molecule has 0 spiro atoms. The van der Waals surface area contributed by atoms with Crippen molar-refractivity contribution in [3.05, 3.63) is 67.8 Å². The predicted octanol–water partition coefficient (Wildman–Crippen LogP) is 3.77. The Labute approximate surface area is 182 Å². The van der Waals surface area contributed by atoms with Crippen LogP contribution < -0.4 is 0 Å². The number of nitrogens with zero attached hydrogens (tertiary/aromatic N) is 2. The van der Waals surface area contributed by atoms with Gasteiger partial charge in [-0.05, 0) is 57.8 Å². The highest BCUT2D eigenvalue weighted by atomic mass is 79.9. The highest BCUT2D eigenvalue weighted by molar-refractivity contribution is 9.30. The predicted molar refractivity (Wildman–Crippen MR) is 111 cm³/mol. The maximum atomic E-state index is 13.0. The molecule has 2 aromatic carbocycles. The number of nitro groups is 2. The molecular weight excluding hydrogens is 560 g/mol. The smallest absolute Gasteiger partial charge is 0.258 e. The first-order chi connectivity index (χ1) is 13.1. The van der Waals surface area contributed by atoms with Gasteiger partial charge >= 0.3 is 0 Å². The Morgan fingerprint density at radius 1 is 0.759 bits per heavy atom. The maximum Gasteiger partial charge on any atom is 0.289 e. The van der Waals surface area contributed by atoms with E-state index in [2.05, 4.69) is 31.9 Å². The fourth-order valence-corrected chi connectivity index (χ4v) is 7.88. The molecule has 2 aromatic rings. The average molecular weight is 572 g/mol. The molecule has 0 N–H and O–H groups in total. The summed E-state index contributed by atoms with van der Waals surface area (Å²) in [5, 5.41) is 22.2. The molecule has 0 radical (unpaired) electrons. The minimum atomic E-state index is -4.79. The fraction of sp³-hybridized carbons (Fsp3) is 0.200. The molecule has 0 saturated carbocycles. The molecule has 0 fully saturated rings. The van der Waals surface area contributed by atoms with Gasteiger partial charge in [0.25, 0.3) is 13.3 Å². The second-order valence-corrected chi connectivity index (χ2v) is 15.9. The zero-order valence-corrected chi connectivity index (χ0v) is 19.5. The molecule has 0 unspecified atom stereocenters. The van der Waals surface area contributed by atoms with E-state index >= 15 is 0 Å². The van der Waals surface area contributed by atoms with Gasteiger partial charge in [-0.1, -0.05) is 12.1 Å². The highest BCUT2D eigenvalue weighted by Crippen LogP contribution is 2.46. The third-order valence-corrected chi connectivity index (χ3v) is 13.4. The SMILES string of the molecule is Cc1ccc(S(=O)(=O)C(Br)(Br)S(=O)(=O)c2ccc(C)c([N+](=O)[O-])c2)cc1[N+](=O)[O-]. The number of benzene rings is 2. The number of sulfone groups is 2. The van der Waals surface area contributed by atoms with Gasteiger partial charge in [-0.15, -0.1) is 0 Å². The van der Waals surface area contributed by atoms with Crippen LogP contribution in [-0.4, -0.2) is 28.6 Å². The molecular formula is C15H12Br2N2O8S2. The first kappa shape index (κ1) is 23.4. The second-order valence-electron chi connectivity index (χ2n) is 5.88. The van der Waals surface area contributed by atoms with E-state index in [-0.39, 0.29) is 11.1 Å². The van der Waals surface area contributed by atoms with E-state index in [0.29, 0.717) is 0 Å². The maximum absolute atomic E-state index is 13.0. The molecule has 0 heterocycles. The zero-order chi connectivity index (χ0) is 22.4. The quantitative estimate of drug-likeness (QED) is 0.288. The number of hydrogen-bond donors (Lipinski definition) is 0. The van der Waals surface area contributed by atoms with Crippen LogP contribution in [0.4, 0.5) is 11.4 Å². The van der Waals surface area contributed by atoms with Crippen LogP contribution in [-0.2, 0) is 19.7 Å². The van der Waals surface area contributed by atoms with Gasteiger partial charge in [0, 0.05) is 23.3 Å². The molecule has 0 aromatic heterocycles. The third kappa shape index (κ3) is 3.93. The number of hydrogen-bond acceptors (Lipinski definition) is 8. The van der Waals surface area contributed by atoms with Crippen molar-refractivity contribution < 1.29 is 26.7 Å². The standard InChI is InChI=1S/C15H12Br2N2O8S2/c1-9-3-5-11(7-13(9)18(20)21)28(24,25)15(16,17)29(26,27)12-6-4-10(2)14(8-12)19(22)23/h3-8H,1-2H3. The summed E-state index contributed by atoms with van der Waals surface area (Å²) in [6.07, 6.45) is 0. The van der Waals surface area contributed by atoms with E-state index in [9.17, 15) is 37.1 Å². The summed E-state index contributed by atoms with van der Waals surface area (Å²) < 4.78 is 49.2. The van der Waals surface area contributed by atoms with Crippen LogP contribution in [0.25, 0.3) is 0 Å². The first-order valence-corrected chi connectivity index (χ1v) is 12.1. The van der Waals surface area contributed by atoms with E-state index in [0.717, 1.165) is 24.3 Å². The van der Waals surface area contributed by atoms with E-state index in [1.165, 1.54) is 26.0 Å². The van der Waals surface area contributed by atoms with Gasteiger partial charge in [0.05, 0.1) is 19.6 Å². The van der Waals surface area contributed by atoms with E-state index < -0.39 is 52.6 Å². The molecule has 0 aliphatic heterocycles. The van der Waals surface area contributed by atoms with Crippen molar-refractivity contribution in [3.63, 3.8) is 0 Å². The number of aryl methyl sites for hydroxylation is 2. The molecule has 0 aliphatic carbocycles. The molecule has 0 atom stereocenters. The summed E-state index contributed by atoms with van der Waals surface area (Å²) >= 11 is 5.32. The molecule has 14 heteroatoms. The van der Waals surface area contributed by atoms with Gasteiger partial charge in [0.15, 0.2) is 0 Å². The summed E-state index contributed by atoms with van der Waals surface area (Å²) in [4.78, 5) is 19.4. The molecule has 29 heavy (non-hydrogen) atoms. The van der Waals surface area contributed by atoms with Crippen LogP contribution in [0.1, 0.15) is 11.1 Å². The molecule has 2 rings (SSSR count). The van der Waals surface area contributed by atoms with Crippen LogP contribution in [0.3, 0.4) is 0 Å². The first-order valence-electron chi connectivity index (χ1n) is 7.51. The van der Waals surface area contributed by atoms with E-state index in [1.54, 1.807) is 0 Å². The molecule has 0 aliphatic rings. The number of alkyl halides is 2. The largest absolute Gasteiger partial charge is 0.289 e. The Balaban J connectivity index is 2.70. The van der Waals surface area contributed by atoms with Crippen molar-refractivity contribution in [1.82, 2.24) is 0 Å². The van der Waals surface area contributed by atoms with Gasteiger partial charge < -0.3 is 0 Å². The second kappa shape index (κ2) is 7.74. The fourth-order valence-electron chi connectivity index (χ4n) is 2.32. The minimum absolute atomic E-state index is 0.181. The Morgan fingerprint density at radius 3 is 1.34 bits per heavy atom. The number of halogens is 2. The van der Waals surface area contributed by atoms with Gasteiger partial charge in [0.1, 0.15) is 0 Å². The van der Waals surface area contributed by atoms with E-state index in [1.807, 2.05) is 0 Å². The zero-order valence-electron chi connectivity index (χ0n) is 14.7. The molecule has 10 nitrogen and oxygen atoms in total. The summed E-state index contributed by atoms with van der Waals surface area (Å²) in [6.45, 7) is 2.79. The molecule has 0 amide bonds. The van der Waals surface area contributed by atoms with Crippen LogP contribution >= 0.6 is 31.9 Å². The average Bonchev–Trinajstić information content (AvgIpc) is 2.61. The lowest BCUT2D eigenvalue weighted by Crippen LogP contribution is -2.34. The lowest BCUT2D eigenvalue weighted by Gasteiger charge is -2.21. The Hall–Kier alpha value is -1.90. The Bertz CT molecular complexity index is 1150. The summed E-state index contributed by atoms with van der Waals surface area (Å²) in [6, 6.07) is 5.89. The van der Waals surface area contributed by atoms with Gasteiger partial charge in [0.2, 0.25) is 19.7 Å². The summed E-state index contributed by atoms with van der Waals surface area (Å²) in [5.41, 5.74) is -0.656. The normalized spacial score (nSPS) is 12.6. The van der Waals surface area contributed by atoms with Crippen molar-refractivity contribution in [3.8, 4) is 0 Å². The summed E-state index contributed by atoms with van der Waals surface area (Å²) in [5.74, 6) is 0. The van der Waals surface area contributed by atoms with Crippen molar-refractivity contribution in [2.75, 3.05) is 0 Å². The topological polar surface area (TPSA) is 155 Å². The molecule has 156 valence electrons. The monoisotopic (exact) mass is 570 g/mol. The van der Waals surface area contributed by atoms with Crippen molar-refractivity contribution in [2.45, 2.75) is 25.5 Å². The van der Waals surface area contributed by atoms with E-state index in [4.69, 9.17) is 0 Å². The van der Waals surface area contributed by atoms with Gasteiger partial charge in [-0.3, -0.25) is 20.2 Å². The summed E-state index contributed by atoms with van der Waals surface area (Å²) in [7, 11) is -9.58. The van der Waals surface area contributed by atoms with Crippen LogP contribution in [0.15, 0.2) is 46.2 Å². The van der Waals surface area contributed by atoms with Crippen molar-refractivity contribution in [2.24, 2.45) is 0 Å². The van der Waals surface area contributed by atoms with Crippen molar-refractivity contribution >= 4 is 62.9 Å². The molecule has 0 bridgehead atoms. The van der Waals surface area contributed by atoms with Crippen LogP contribution in [0.2, 0.25) is 0 Å². The minimum Gasteiger partial charge on any atom is -0.258 e. The number of nitro benzene ring substituents is 2. The molecule has 0 saturated heterocycles. The Morgan fingerprint density at radius 2 is 1.07 bits per heavy atom. The Kier molecular flexibility index (Phi) is 6.24. The highest BCUT2D eigenvalue weighted by Gasteiger charge is 2.53. The van der Waals surface area contributed by atoms with Crippen LogP contribution in [0, 0.1) is 34.1 Å². The lowest BCUT2D eigenvalue weighted by atomic mass is 10.2. The number of rotatable bonds is 6. The van der Waals surface area contributed by atoms with Crippen molar-refractivity contribution in [1.29, 1.82) is 0 Å².